The number of carbonyl (C=O) groups excluding carboxylic acids is 4. The van der Waals surface area contributed by atoms with Gasteiger partial charge in [0.15, 0.2) is 11.3 Å². The third kappa shape index (κ3) is 4.27. The van der Waals surface area contributed by atoms with E-state index in [9.17, 15) is 19.2 Å². The Morgan fingerprint density at radius 2 is 1.67 bits per heavy atom. The molecule has 102 valence electrons. The van der Waals surface area contributed by atoms with Gasteiger partial charge in [0.25, 0.3) is 0 Å². The van der Waals surface area contributed by atoms with Crippen LogP contribution in [0, 0.1) is 0 Å². The first-order chi connectivity index (χ1) is 8.26. The van der Waals surface area contributed by atoms with Crippen LogP contribution in [0.4, 0.5) is 0 Å². The third-order valence-electron chi connectivity index (χ3n) is 2.47. The molecule has 0 aliphatic carbocycles. The Morgan fingerprint density at radius 1 is 1.11 bits per heavy atom. The number of ketones is 2. The Kier molecular flexibility index (Phi) is 6.22. The van der Waals surface area contributed by atoms with E-state index < -0.39 is 23.2 Å². The van der Waals surface area contributed by atoms with E-state index in [4.69, 9.17) is 4.74 Å². The minimum atomic E-state index is -1.76. The van der Waals surface area contributed by atoms with Crippen LogP contribution in [0.3, 0.4) is 0 Å². The molecule has 0 fully saturated rings. The number of hydrogen-bond acceptors (Lipinski definition) is 5. The molecule has 0 heterocycles. The highest BCUT2D eigenvalue weighted by atomic mass is 16.5. The lowest BCUT2D eigenvalue weighted by atomic mass is 9.88. The molecule has 0 aromatic heterocycles. The largest absolute Gasteiger partial charge is 0.464 e. The van der Waals surface area contributed by atoms with Crippen LogP contribution in [-0.4, -0.2) is 35.6 Å². The van der Waals surface area contributed by atoms with Gasteiger partial charge in [-0.1, -0.05) is 0 Å². The number of carbonyl (C=O) groups is 4. The first-order valence-electron chi connectivity index (χ1n) is 5.72. The molecule has 0 spiro atoms. The molecule has 6 heteroatoms. The monoisotopic (exact) mass is 257 g/mol. The molecule has 0 aliphatic rings. The van der Waals surface area contributed by atoms with Crippen molar-refractivity contribution in [3.8, 4) is 0 Å². The molecule has 1 N–H and O–H groups in total. The van der Waals surface area contributed by atoms with Crippen molar-refractivity contribution in [1.82, 2.24) is 5.32 Å². The van der Waals surface area contributed by atoms with E-state index in [1.165, 1.54) is 20.8 Å². The Labute approximate surface area is 106 Å². The van der Waals surface area contributed by atoms with Gasteiger partial charge >= 0.3 is 5.97 Å². The van der Waals surface area contributed by atoms with Gasteiger partial charge < -0.3 is 14.8 Å². The van der Waals surface area contributed by atoms with Gasteiger partial charge in [0.2, 0.25) is 5.91 Å². The molecule has 0 bridgehead atoms. The van der Waals surface area contributed by atoms with E-state index in [0.29, 0.717) is 0 Å². The van der Waals surface area contributed by atoms with Crippen LogP contribution < -0.4 is 5.32 Å². The maximum absolute atomic E-state index is 11.9. The van der Waals surface area contributed by atoms with Gasteiger partial charge in [-0.3, -0.25) is 9.59 Å². The minimum Gasteiger partial charge on any atom is -0.464 e. The molecule has 0 aromatic carbocycles. The lowest BCUT2D eigenvalue weighted by Gasteiger charge is -2.29. The maximum Gasteiger partial charge on any atom is 0.339 e. The van der Waals surface area contributed by atoms with Crippen molar-refractivity contribution in [2.24, 2.45) is 0 Å². The lowest BCUT2D eigenvalue weighted by Crippen LogP contribution is -2.59. The summed E-state index contributed by atoms with van der Waals surface area (Å²) in [5.41, 5.74) is -1.76. The van der Waals surface area contributed by atoms with E-state index in [2.05, 4.69) is 5.32 Å². The van der Waals surface area contributed by atoms with Crippen molar-refractivity contribution in [2.75, 3.05) is 6.61 Å². The molecular formula is C12H19NO5. The van der Waals surface area contributed by atoms with Crippen molar-refractivity contribution >= 4 is 23.4 Å². The summed E-state index contributed by atoms with van der Waals surface area (Å²) in [6, 6.07) is 0. The number of rotatable bonds is 7. The van der Waals surface area contributed by atoms with Gasteiger partial charge in [0.05, 0.1) is 6.61 Å². The summed E-state index contributed by atoms with van der Waals surface area (Å²) in [5, 5.41) is 2.32. The zero-order chi connectivity index (χ0) is 14.3. The molecule has 0 saturated carbocycles. The topological polar surface area (TPSA) is 89.5 Å². The summed E-state index contributed by atoms with van der Waals surface area (Å²) in [6.07, 6.45) is -0.0746. The molecule has 0 rings (SSSR count). The van der Waals surface area contributed by atoms with Crippen molar-refractivity contribution in [3.05, 3.63) is 0 Å². The van der Waals surface area contributed by atoms with Gasteiger partial charge in [-0.05, 0) is 27.2 Å². The molecule has 1 atom stereocenters. The molecule has 0 radical (unpaired) electrons. The van der Waals surface area contributed by atoms with Gasteiger partial charge in [0, 0.05) is 13.3 Å². The number of esters is 1. The van der Waals surface area contributed by atoms with E-state index >= 15 is 0 Å². The fraction of sp³-hybridized carbons (Fsp3) is 0.667. The Bertz CT molecular complexity index is 363. The summed E-state index contributed by atoms with van der Waals surface area (Å²) < 4.78 is 4.82. The standard InChI is InChI=1S/C12H19NO5/c1-5-18-11(17)12(9(3)15,13-10(4)16)7-6-8(2)14/h5-7H2,1-4H3,(H,13,16). The normalized spacial score (nSPS) is 13.3. The number of ether oxygens (including phenoxy) is 1. The van der Waals surface area contributed by atoms with Crippen LogP contribution in [-0.2, 0) is 23.9 Å². The second-order valence-corrected chi connectivity index (χ2v) is 4.07. The van der Waals surface area contributed by atoms with E-state index in [-0.39, 0.29) is 25.2 Å². The quantitative estimate of drug-likeness (QED) is 0.526. The van der Waals surface area contributed by atoms with Crippen LogP contribution in [0.15, 0.2) is 0 Å². The fourth-order valence-electron chi connectivity index (χ4n) is 1.54. The van der Waals surface area contributed by atoms with Gasteiger partial charge in [-0.25, -0.2) is 4.79 Å². The summed E-state index contributed by atoms with van der Waals surface area (Å²) >= 11 is 0. The highest BCUT2D eigenvalue weighted by Crippen LogP contribution is 2.18. The lowest BCUT2D eigenvalue weighted by molar-refractivity contribution is -0.157. The van der Waals surface area contributed by atoms with Gasteiger partial charge in [0.1, 0.15) is 5.78 Å². The first kappa shape index (κ1) is 16.3. The van der Waals surface area contributed by atoms with Crippen LogP contribution >= 0.6 is 0 Å². The van der Waals surface area contributed by atoms with E-state index in [1.807, 2.05) is 0 Å². The molecule has 18 heavy (non-hydrogen) atoms. The molecule has 0 aliphatic heterocycles. The predicted molar refractivity (Wildman–Crippen MR) is 63.8 cm³/mol. The van der Waals surface area contributed by atoms with Crippen molar-refractivity contribution in [3.63, 3.8) is 0 Å². The second-order valence-electron chi connectivity index (χ2n) is 4.07. The Hall–Kier alpha value is -1.72. The number of nitrogens with one attached hydrogen (secondary N) is 1. The van der Waals surface area contributed by atoms with Crippen LogP contribution in [0.1, 0.15) is 40.5 Å². The highest BCUT2D eigenvalue weighted by molar-refractivity contribution is 6.10. The summed E-state index contributed by atoms with van der Waals surface area (Å²) in [7, 11) is 0. The molecule has 1 unspecified atom stereocenters. The molecular weight excluding hydrogens is 238 g/mol. The number of Topliss-reactive ketones (excluding diaryl/α,β-unsaturated/α-hetero) is 2. The minimum absolute atomic E-state index is 0.0126. The summed E-state index contributed by atoms with van der Waals surface area (Å²) in [4.78, 5) is 45.8. The van der Waals surface area contributed by atoms with Gasteiger partial charge in [-0.2, -0.15) is 0 Å². The smallest absolute Gasteiger partial charge is 0.339 e. The van der Waals surface area contributed by atoms with Crippen molar-refractivity contribution in [1.29, 1.82) is 0 Å². The number of hydrogen-bond donors (Lipinski definition) is 1. The van der Waals surface area contributed by atoms with Crippen molar-refractivity contribution < 1.29 is 23.9 Å². The van der Waals surface area contributed by atoms with E-state index in [1.54, 1.807) is 6.92 Å². The van der Waals surface area contributed by atoms with Gasteiger partial charge in [-0.15, -0.1) is 0 Å². The highest BCUT2D eigenvalue weighted by Gasteiger charge is 2.45. The fourth-order valence-corrected chi connectivity index (χ4v) is 1.54. The first-order valence-corrected chi connectivity index (χ1v) is 5.72. The van der Waals surface area contributed by atoms with Crippen LogP contribution in [0.5, 0.6) is 0 Å². The summed E-state index contributed by atoms with van der Waals surface area (Å²) in [5.74, 6) is -2.07. The average Bonchev–Trinajstić information content (AvgIpc) is 2.23. The maximum atomic E-state index is 11.9. The van der Waals surface area contributed by atoms with Crippen LogP contribution in [0.25, 0.3) is 0 Å². The summed E-state index contributed by atoms with van der Waals surface area (Å²) in [6.45, 7) is 5.43. The van der Waals surface area contributed by atoms with Crippen LogP contribution in [0.2, 0.25) is 0 Å². The zero-order valence-corrected chi connectivity index (χ0v) is 11.2. The molecule has 6 nitrogen and oxygen atoms in total. The average molecular weight is 257 g/mol. The molecule has 1 amide bonds. The zero-order valence-electron chi connectivity index (χ0n) is 11.2. The SMILES string of the molecule is CCOC(=O)C(CCC(C)=O)(NC(C)=O)C(C)=O. The third-order valence-corrected chi connectivity index (χ3v) is 2.47. The predicted octanol–water partition coefficient (Wildman–Crippen LogP) is 0.383. The molecule has 0 aromatic rings. The molecule has 0 saturated heterocycles. The Balaban J connectivity index is 5.27. The van der Waals surface area contributed by atoms with Crippen molar-refractivity contribution in [2.45, 2.75) is 46.1 Å². The Morgan fingerprint density at radius 3 is 2.00 bits per heavy atom. The number of amides is 1. The van der Waals surface area contributed by atoms with E-state index in [0.717, 1.165) is 0 Å². The second kappa shape index (κ2) is 6.88.